The quantitative estimate of drug-likeness (QED) is 0.371. The predicted octanol–water partition coefficient (Wildman–Crippen LogP) is -4.74. The fraction of sp³-hybridized carbons (Fsp3) is 1.00. The molecule has 0 heterocycles. The van der Waals surface area contributed by atoms with E-state index >= 15 is 0 Å². The maximum absolute atomic E-state index is 8.05. The van der Waals surface area contributed by atoms with Crippen molar-refractivity contribution in [3.63, 3.8) is 0 Å². The summed E-state index contributed by atoms with van der Waals surface area (Å²) < 4.78 is 4.03. The van der Waals surface area contributed by atoms with Gasteiger partial charge in [-0.05, 0) is 6.92 Å². The van der Waals surface area contributed by atoms with Gasteiger partial charge >= 0.3 is 60.4 Å². The van der Waals surface area contributed by atoms with Crippen molar-refractivity contribution in [3.8, 4) is 0 Å². The third-order valence-corrected chi connectivity index (χ3v) is 1.01. The molecule has 5 nitrogen and oxygen atoms in total. The molecule has 9 heavy (non-hydrogen) atoms. The molecule has 4 N–H and O–H groups in total. The van der Waals surface area contributed by atoms with Crippen LogP contribution < -0.4 is 51.4 Å². The Morgan fingerprint density at radius 2 is 1.67 bits per heavy atom. The molecule has 0 saturated carbocycles. The Hall–Kier alpha value is 1.65. The maximum atomic E-state index is 8.05. The molecule has 0 aliphatic rings. The molecule has 0 fully saturated rings. The van der Waals surface area contributed by atoms with Gasteiger partial charge in [0.2, 0.25) is 0 Å². The first-order valence-corrected chi connectivity index (χ1v) is 3.62. The molecule has 0 atom stereocenters. The van der Waals surface area contributed by atoms with Crippen molar-refractivity contribution in [2.45, 2.75) is 6.92 Å². The summed E-state index contributed by atoms with van der Waals surface area (Å²) in [6, 6.07) is 0. The molecule has 7 heteroatoms. The molecule has 0 aromatic rings. The summed E-state index contributed by atoms with van der Waals surface area (Å²) in [6.07, 6.45) is 0. The Kier molecular flexibility index (Phi) is 14.6. The van der Waals surface area contributed by atoms with Crippen molar-refractivity contribution in [3.05, 3.63) is 0 Å². The molecule has 0 aromatic carbocycles. The first-order valence-electron chi connectivity index (χ1n) is 1.87. The second-order valence-corrected chi connectivity index (χ2v) is 2.44. The number of hydrogen-bond donors (Lipinski definition) is 3. The average Bonchev–Trinajstić information content (AvgIpc) is 1.30. The van der Waals surface area contributed by atoms with Gasteiger partial charge < -0.3 is 24.3 Å². The van der Waals surface area contributed by atoms with Gasteiger partial charge in [-0.3, -0.25) is 0 Å². The maximum Gasteiger partial charge on any atom is 1.00 e. The van der Waals surface area contributed by atoms with Crippen molar-refractivity contribution in [2.75, 3.05) is 6.61 Å². The Bertz CT molecular complexity index is 53.4. The molecule has 0 aromatic heterocycles. The SMILES string of the molecule is CCO[Si](O)(O)O.[K+].[OH-]. The van der Waals surface area contributed by atoms with Gasteiger partial charge in [0.05, 0.1) is 0 Å². The minimum Gasteiger partial charge on any atom is -0.870 e. The van der Waals surface area contributed by atoms with Crippen LogP contribution in [0.4, 0.5) is 0 Å². The van der Waals surface area contributed by atoms with Crippen LogP contribution in [-0.4, -0.2) is 35.5 Å². The first kappa shape index (κ1) is 16.9. The van der Waals surface area contributed by atoms with Crippen LogP contribution in [0.2, 0.25) is 0 Å². The van der Waals surface area contributed by atoms with E-state index in [0.29, 0.717) is 0 Å². The average molecular weight is 180 g/mol. The van der Waals surface area contributed by atoms with Gasteiger partial charge in [-0.2, -0.15) is 0 Å². The van der Waals surface area contributed by atoms with Crippen LogP contribution in [0, 0.1) is 0 Å². The Morgan fingerprint density at radius 3 is 1.67 bits per heavy atom. The summed E-state index contributed by atoms with van der Waals surface area (Å²) in [5.74, 6) is 0. The normalized spacial score (nSPS) is 9.33. The molecule has 0 rings (SSSR count). The Labute approximate surface area is 96.9 Å². The number of rotatable bonds is 2. The molecule has 0 radical (unpaired) electrons. The van der Waals surface area contributed by atoms with E-state index in [1.807, 2.05) is 0 Å². The summed E-state index contributed by atoms with van der Waals surface area (Å²) in [5.41, 5.74) is 0. The van der Waals surface area contributed by atoms with Crippen molar-refractivity contribution in [1.82, 2.24) is 0 Å². The Balaban J connectivity index is -0.000000180. The molecule has 0 unspecified atom stereocenters. The fourth-order valence-corrected chi connectivity index (χ4v) is 0.581. The van der Waals surface area contributed by atoms with Crippen molar-refractivity contribution < 1.29 is 75.7 Å². The molecule has 0 amide bonds. The van der Waals surface area contributed by atoms with E-state index in [1.54, 1.807) is 6.92 Å². The van der Waals surface area contributed by atoms with E-state index in [-0.39, 0.29) is 63.5 Å². The summed E-state index contributed by atoms with van der Waals surface area (Å²) >= 11 is 0. The van der Waals surface area contributed by atoms with Gasteiger partial charge in [0.15, 0.2) is 0 Å². The summed E-state index contributed by atoms with van der Waals surface area (Å²) in [4.78, 5) is 24.1. The summed E-state index contributed by atoms with van der Waals surface area (Å²) in [7, 11) is -4.16. The van der Waals surface area contributed by atoms with E-state index in [0.717, 1.165) is 0 Å². The monoisotopic (exact) mass is 180 g/mol. The van der Waals surface area contributed by atoms with Crippen molar-refractivity contribution in [2.24, 2.45) is 0 Å². The van der Waals surface area contributed by atoms with Gasteiger partial charge in [0.25, 0.3) is 0 Å². The van der Waals surface area contributed by atoms with E-state index in [4.69, 9.17) is 14.4 Å². The largest absolute Gasteiger partial charge is 1.00 e. The standard InChI is InChI=1S/C2H8O4Si.K.H2O/c1-2-6-7(3,4)5;;/h3-5H,2H2,1H3;;1H2/q;+1;/p-1. The topological polar surface area (TPSA) is 99.9 Å². The van der Waals surface area contributed by atoms with Crippen LogP contribution in [-0.2, 0) is 4.43 Å². The second kappa shape index (κ2) is 7.76. The minimum atomic E-state index is -4.16. The van der Waals surface area contributed by atoms with Crippen molar-refractivity contribution >= 4 is 9.05 Å². The van der Waals surface area contributed by atoms with Gasteiger partial charge in [0.1, 0.15) is 0 Å². The molecule has 0 saturated heterocycles. The van der Waals surface area contributed by atoms with Gasteiger partial charge in [-0.25, -0.2) is 0 Å². The zero-order valence-corrected chi connectivity index (χ0v) is 9.53. The van der Waals surface area contributed by atoms with Crippen LogP contribution >= 0.6 is 0 Å². The Morgan fingerprint density at radius 1 is 1.33 bits per heavy atom. The predicted molar refractivity (Wildman–Crippen MR) is 26.0 cm³/mol. The van der Waals surface area contributed by atoms with E-state index in [2.05, 4.69) is 4.43 Å². The molecule has 0 spiro atoms. The molecular formula is C2H9KO5Si. The van der Waals surface area contributed by atoms with Gasteiger partial charge in [-0.15, -0.1) is 0 Å². The van der Waals surface area contributed by atoms with E-state index < -0.39 is 9.05 Å². The molecule has 0 aliphatic carbocycles. The van der Waals surface area contributed by atoms with Crippen molar-refractivity contribution in [1.29, 1.82) is 0 Å². The van der Waals surface area contributed by atoms with E-state index in [1.165, 1.54) is 0 Å². The van der Waals surface area contributed by atoms with E-state index in [9.17, 15) is 0 Å². The molecule has 0 aliphatic heterocycles. The van der Waals surface area contributed by atoms with Crippen LogP contribution in [0.5, 0.6) is 0 Å². The minimum absolute atomic E-state index is 0. The van der Waals surface area contributed by atoms with Crippen LogP contribution in [0.25, 0.3) is 0 Å². The van der Waals surface area contributed by atoms with Gasteiger partial charge in [-0.1, -0.05) is 0 Å². The molecule has 52 valence electrons. The third kappa shape index (κ3) is 17.7. The van der Waals surface area contributed by atoms with Crippen LogP contribution in [0.15, 0.2) is 0 Å². The number of hydrogen-bond acceptors (Lipinski definition) is 5. The fourth-order valence-electron chi connectivity index (χ4n) is 0.194. The molecule has 0 bridgehead atoms. The van der Waals surface area contributed by atoms with Crippen LogP contribution in [0.1, 0.15) is 6.92 Å². The smallest absolute Gasteiger partial charge is 0.870 e. The first-order chi connectivity index (χ1) is 3.06. The second-order valence-electron chi connectivity index (χ2n) is 1.01. The zero-order chi connectivity index (χ0) is 5.91. The summed E-state index contributed by atoms with van der Waals surface area (Å²) in [5, 5.41) is 0. The zero-order valence-electron chi connectivity index (χ0n) is 5.40. The van der Waals surface area contributed by atoms with Gasteiger partial charge in [0, 0.05) is 6.61 Å². The summed E-state index contributed by atoms with van der Waals surface area (Å²) in [6.45, 7) is 1.68. The third-order valence-electron chi connectivity index (χ3n) is 0.338. The van der Waals surface area contributed by atoms with Crippen LogP contribution in [0.3, 0.4) is 0 Å². The molecular weight excluding hydrogens is 171 g/mol.